The minimum atomic E-state index is -0.270. The van der Waals surface area contributed by atoms with Crippen LogP contribution in [-0.2, 0) is 4.79 Å². The summed E-state index contributed by atoms with van der Waals surface area (Å²) in [4.78, 5) is 27.5. The second-order valence-electron chi connectivity index (χ2n) is 8.47. The van der Waals surface area contributed by atoms with Gasteiger partial charge in [-0.05, 0) is 65.5 Å². The van der Waals surface area contributed by atoms with Crippen LogP contribution in [0.2, 0.25) is 0 Å². The van der Waals surface area contributed by atoms with Gasteiger partial charge in [-0.2, -0.15) is 0 Å². The lowest BCUT2D eigenvalue weighted by molar-refractivity contribution is -0.118. The van der Waals surface area contributed by atoms with Gasteiger partial charge in [0.2, 0.25) is 0 Å². The molecular formula is C31H26N2O3. The fourth-order valence-corrected chi connectivity index (χ4v) is 4.32. The van der Waals surface area contributed by atoms with Gasteiger partial charge in [0.25, 0.3) is 11.8 Å². The number of anilines is 2. The highest BCUT2D eigenvalue weighted by Gasteiger charge is 2.18. The average Bonchev–Trinajstić information content (AvgIpc) is 2.92. The Hall–Kier alpha value is -4.64. The van der Waals surface area contributed by atoms with Crippen molar-refractivity contribution in [1.29, 1.82) is 0 Å². The van der Waals surface area contributed by atoms with Crippen molar-refractivity contribution in [1.82, 2.24) is 0 Å². The molecule has 1 N–H and O–H groups in total. The molecule has 0 heterocycles. The summed E-state index contributed by atoms with van der Waals surface area (Å²) in [6, 6.07) is 34.7. The third-order valence-corrected chi connectivity index (χ3v) is 6.13. The van der Waals surface area contributed by atoms with Gasteiger partial charge in [-0.25, -0.2) is 0 Å². The molecule has 0 aliphatic carbocycles. The quantitative estimate of drug-likeness (QED) is 0.286. The van der Waals surface area contributed by atoms with E-state index in [0.29, 0.717) is 23.5 Å². The van der Waals surface area contributed by atoms with Crippen molar-refractivity contribution in [2.45, 2.75) is 6.92 Å². The molecule has 36 heavy (non-hydrogen) atoms. The molecule has 0 radical (unpaired) electrons. The molecule has 178 valence electrons. The minimum Gasteiger partial charge on any atom is -0.484 e. The second-order valence-corrected chi connectivity index (χ2v) is 8.47. The van der Waals surface area contributed by atoms with Crippen LogP contribution >= 0.6 is 0 Å². The number of nitrogens with zero attached hydrogens (tertiary/aromatic N) is 1. The van der Waals surface area contributed by atoms with Gasteiger partial charge < -0.3 is 15.0 Å². The summed E-state index contributed by atoms with van der Waals surface area (Å²) in [7, 11) is 0. The first-order chi connectivity index (χ1) is 17.6. The third-order valence-electron chi connectivity index (χ3n) is 6.13. The molecule has 0 atom stereocenters. The van der Waals surface area contributed by atoms with Crippen molar-refractivity contribution in [3.8, 4) is 5.75 Å². The van der Waals surface area contributed by atoms with Crippen molar-refractivity contribution in [3.05, 3.63) is 115 Å². The first-order valence-electron chi connectivity index (χ1n) is 11.9. The molecule has 2 amide bonds. The second kappa shape index (κ2) is 10.3. The molecule has 0 aliphatic rings. The zero-order valence-corrected chi connectivity index (χ0v) is 20.0. The Morgan fingerprint density at radius 1 is 0.750 bits per heavy atom. The van der Waals surface area contributed by atoms with E-state index in [2.05, 4.69) is 5.32 Å². The Morgan fingerprint density at radius 2 is 1.44 bits per heavy atom. The van der Waals surface area contributed by atoms with Crippen molar-refractivity contribution >= 4 is 44.7 Å². The lowest BCUT2D eigenvalue weighted by Gasteiger charge is -2.23. The molecule has 0 fully saturated rings. The van der Waals surface area contributed by atoms with Gasteiger partial charge in [0, 0.05) is 23.2 Å². The van der Waals surface area contributed by atoms with Gasteiger partial charge in [0.15, 0.2) is 6.61 Å². The van der Waals surface area contributed by atoms with Crippen LogP contribution in [0.1, 0.15) is 17.3 Å². The molecule has 5 aromatic rings. The van der Waals surface area contributed by atoms with Gasteiger partial charge in [0.05, 0.1) is 5.69 Å². The number of hydrogen-bond donors (Lipinski definition) is 1. The summed E-state index contributed by atoms with van der Waals surface area (Å²) >= 11 is 0. The first kappa shape index (κ1) is 23.1. The number of benzene rings is 5. The molecule has 0 unspecified atom stereocenters. The van der Waals surface area contributed by atoms with E-state index in [1.807, 2.05) is 91.9 Å². The normalized spacial score (nSPS) is 10.8. The zero-order valence-electron chi connectivity index (χ0n) is 20.0. The third kappa shape index (κ3) is 4.91. The van der Waals surface area contributed by atoms with E-state index < -0.39 is 0 Å². The molecular weight excluding hydrogens is 448 g/mol. The maximum atomic E-state index is 13.3. The Kier molecular flexibility index (Phi) is 6.63. The number of hydrogen-bond acceptors (Lipinski definition) is 3. The molecule has 0 spiro atoms. The van der Waals surface area contributed by atoms with Crippen LogP contribution < -0.4 is 15.0 Å². The van der Waals surface area contributed by atoms with Crippen LogP contribution in [0.25, 0.3) is 21.5 Å². The number of amides is 2. The molecule has 0 saturated heterocycles. The average molecular weight is 475 g/mol. The summed E-state index contributed by atoms with van der Waals surface area (Å²) in [6.45, 7) is 2.39. The van der Waals surface area contributed by atoms with E-state index in [9.17, 15) is 9.59 Å². The standard InChI is InChI=1S/C31H26N2O3/c1-2-33(29-13-7-11-23-9-5-6-12-28(23)29)31(35)24-14-17-26(18-15-24)32-30(34)21-36-27-19-16-22-8-3-4-10-25(22)20-27/h3-20H,2,21H2,1H3,(H,32,34). The van der Waals surface area contributed by atoms with Crippen molar-refractivity contribution in [3.63, 3.8) is 0 Å². The topological polar surface area (TPSA) is 58.6 Å². The smallest absolute Gasteiger partial charge is 0.262 e. The van der Waals surface area contributed by atoms with E-state index in [1.54, 1.807) is 29.2 Å². The first-order valence-corrected chi connectivity index (χ1v) is 11.9. The summed E-state index contributed by atoms with van der Waals surface area (Å²) in [5.74, 6) is 0.275. The summed E-state index contributed by atoms with van der Waals surface area (Å²) in [6.07, 6.45) is 0. The maximum Gasteiger partial charge on any atom is 0.262 e. The zero-order chi connectivity index (χ0) is 24.9. The van der Waals surface area contributed by atoms with Crippen LogP contribution in [0.5, 0.6) is 5.75 Å². The van der Waals surface area contributed by atoms with E-state index in [4.69, 9.17) is 4.74 Å². The fourth-order valence-electron chi connectivity index (χ4n) is 4.32. The van der Waals surface area contributed by atoms with Gasteiger partial charge in [-0.15, -0.1) is 0 Å². The number of fused-ring (bicyclic) bond motifs is 2. The van der Waals surface area contributed by atoms with E-state index >= 15 is 0 Å². The number of rotatable bonds is 7. The highest BCUT2D eigenvalue weighted by Crippen LogP contribution is 2.28. The van der Waals surface area contributed by atoms with Crippen molar-refractivity contribution in [2.24, 2.45) is 0 Å². The fraction of sp³-hybridized carbons (Fsp3) is 0.0968. The number of carbonyl (C=O) groups is 2. The van der Waals surface area contributed by atoms with Gasteiger partial charge in [-0.3, -0.25) is 9.59 Å². The molecule has 5 heteroatoms. The number of nitrogens with one attached hydrogen (secondary N) is 1. The van der Waals surface area contributed by atoms with Gasteiger partial charge in [0.1, 0.15) is 5.75 Å². The molecule has 5 aromatic carbocycles. The van der Waals surface area contributed by atoms with Crippen molar-refractivity contribution in [2.75, 3.05) is 23.4 Å². The Bertz CT molecular complexity index is 1540. The highest BCUT2D eigenvalue weighted by molar-refractivity contribution is 6.11. The van der Waals surface area contributed by atoms with Gasteiger partial charge in [-0.1, -0.05) is 66.7 Å². The Balaban J connectivity index is 1.24. The van der Waals surface area contributed by atoms with Crippen LogP contribution in [0, 0.1) is 0 Å². The SMILES string of the molecule is CCN(C(=O)c1ccc(NC(=O)COc2ccc3ccccc3c2)cc1)c1cccc2ccccc12. The van der Waals surface area contributed by atoms with Crippen LogP contribution in [-0.4, -0.2) is 25.0 Å². The van der Waals surface area contributed by atoms with E-state index in [1.165, 1.54) is 0 Å². The summed E-state index contributed by atoms with van der Waals surface area (Å²) in [5, 5.41) is 7.12. The monoisotopic (exact) mass is 474 g/mol. The molecule has 5 nitrogen and oxygen atoms in total. The van der Waals surface area contributed by atoms with Gasteiger partial charge >= 0.3 is 0 Å². The minimum absolute atomic E-state index is 0.0913. The predicted octanol–water partition coefficient (Wildman–Crippen LogP) is 6.68. The summed E-state index contributed by atoms with van der Waals surface area (Å²) < 4.78 is 5.67. The summed E-state index contributed by atoms with van der Waals surface area (Å²) in [5.41, 5.74) is 2.03. The Labute approximate surface area is 209 Å². The van der Waals surface area contributed by atoms with Crippen LogP contribution in [0.15, 0.2) is 109 Å². The van der Waals surface area contributed by atoms with E-state index in [-0.39, 0.29) is 18.4 Å². The molecule has 5 rings (SSSR count). The largest absolute Gasteiger partial charge is 0.484 e. The molecule has 0 aliphatic heterocycles. The predicted molar refractivity (Wildman–Crippen MR) is 146 cm³/mol. The molecule has 0 saturated carbocycles. The van der Waals surface area contributed by atoms with E-state index in [0.717, 1.165) is 27.2 Å². The van der Waals surface area contributed by atoms with Crippen LogP contribution in [0.4, 0.5) is 11.4 Å². The van der Waals surface area contributed by atoms with Crippen molar-refractivity contribution < 1.29 is 14.3 Å². The highest BCUT2D eigenvalue weighted by atomic mass is 16.5. The maximum absolute atomic E-state index is 13.3. The molecule has 0 aromatic heterocycles. The lowest BCUT2D eigenvalue weighted by atomic mass is 10.1. The molecule has 0 bridgehead atoms. The number of ether oxygens (including phenoxy) is 1. The number of carbonyl (C=O) groups excluding carboxylic acids is 2. The lowest BCUT2D eigenvalue weighted by Crippen LogP contribution is -2.30. The Morgan fingerprint density at radius 3 is 2.22 bits per heavy atom. The van der Waals surface area contributed by atoms with Crippen LogP contribution in [0.3, 0.4) is 0 Å².